The first-order chi connectivity index (χ1) is 37.0. The van der Waals surface area contributed by atoms with Crippen LogP contribution in [0, 0.1) is 27.7 Å². The van der Waals surface area contributed by atoms with Gasteiger partial charge in [-0.25, -0.2) is 0 Å². The Labute approximate surface area is 461 Å². The smallest absolute Gasteiger partial charge is 0.346 e. The molecule has 2 N–H and O–H groups in total. The van der Waals surface area contributed by atoms with Crippen LogP contribution in [0.25, 0.3) is 32.9 Å². The zero-order chi connectivity index (χ0) is 54.5. The van der Waals surface area contributed by atoms with Gasteiger partial charge in [-0.15, -0.1) is 0 Å². The summed E-state index contributed by atoms with van der Waals surface area (Å²) >= 11 is 0. The van der Waals surface area contributed by atoms with Crippen LogP contribution >= 0.6 is 0 Å². The second kappa shape index (κ2) is 24.1. The molecule has 2 amide bonds. The van der Waals surface area contributed by atoms with Crippen LogP contribution in [0.4, 0.5) is 0 Å². The van der Waals surface area contributed by atoms with E-state index in [1.54, 1.807) is 0 Å². The van der Waals surface area contributed by atoms with Gasteiger partial charge in [0.15, 0.2) is 0 Å². The van der Waals surface area contributed by atoms with Crippen molar-refractivity contribution in [2.45, 2.75) is 138 Å². The topological polar surface area (TPSA) is 102 Å². The fourth-order valence-corrected chi connectivity index (χ4v) is 10.6. The normalized spacial score (nSPS) is 13.7. The van der Waals surface area contributed by atoms with Crippen molar-refractivity contribution < 1.29 is 19.2 Å². The van der Waals surface area contributed by atoms with Crippen LogP contribution in [0.2, 0.25) is 0 Å². The molecule has 400 valence electrons. The molecule has 2 saturated carbocycles. The third kappa shape index (κ3) is 12.8. The summed E-state index contributed by atoms with van der Waals surface area (Å²) < 4.78 is 4.72. The Morgan fingerprint density at radius 3 is 1.32 bits per heavy atom. The molecule has 2 heterocycles. The van der Waals surface area contributed by atoms with Crippen molar-refractivity contribution in [3.63, 3.8) is 0 Å². The summed E-state index contributed by atoms with van der Waals surface area (Å²) in [5.41, 5.74) is 20.3. The average molecular weight is 1040 g/mol. The number of hydrogen-bond acceptors (Lipinski definition) is 4. The van der Waals surface area contributed by atoms with Crippen molar-refractivity contribution in [3.8, 4) is 11.1 Å². The van der Waals surface area contributed by atoms with Crippen LogP contribution in [-0.2, 0) is 28.1 Å². The molecule has 0 saturated heterocycles. The highest BCUT2D eigenvalue weighted by Gasteiger charge is 2.26. The van der Waals surface area contributed by atoms with Crippen LogP contribution < -0.4 is 10.6 Å². The molecule has 8 nitrogen and oxygen atoms in total. The van der Waals surface area contributed by atoms with E-state index in [2.05, 4.69) is 228 Å². The van der Waals surface area contributed by atoms with Gasteiger partial charge in [0.25, 0.3) is 11.8 Å². The SMILES string of the molecule is C.Cc1c(C)n(Cc2ccc(-c3ccccc3)cc2)c2ccc(C(=O)N[C@@H](C)c3cccc(C4CC4)c3)cc12.Cc1c(C)n(Cc2ccc(C(C)(C)C)cc2)c2ccc(C(=O)N[C@@H](C)c3cccc(C4CC4)c3)cc12.O=C=O. The Morgan fingerprint density at radius 2 is 0.923 bits per heavy atom. The number of carbonyl (C=O) groups excluding carboxylic acids is 4. The molecule has 0 radical (unpaired) electrons. The van der Waals surface area contributed by atoms with E-state index in [0.717, 1.165) is 29.4 Å². The molecular weight excluding hydrogens is 961 g/mol. The second-order valence-electron chi connectivity index (χ2n) is 22.4. The van der Waals surface area contributed by atoms with Crippen molar-refractivity contribution in [2.24, 2.45) is 0 Å². The van der Waals surface area contributed by atoms with Crippen LogP contribution in [0.5, 0.6) is 0 Å². The molecule has 2 aliphatic rings. The van der Waals surface area contributed by atoms with Crippen molar-refractivity contribution >= 4 is 39.8 Å². The molecule has 0 aliphatic heterocycles. The van der Waals surface area contributed by atoms with Crippen LogP contribution in [-0.4, -0.2) is 27.1 Å². The van der Waals surface area contributed by atoms with E-state index >= 15 is 0 Å². The van der Waals surface area contributed by atoms with Gasteiger partial charge in [0.1, 0.15) is 0 Å². The van der Waals surface area contributed by atoms with Gasteiger partial charge in [-0.2, -0.15) is 9.59 Å². The molecule has 2 atom stereocenters. The number of aryl methyl sites for hydroxylation is 2. The number of aromatic nitrogens is 2. The number of rotatable bonds is 13. The lowest BCUT2D eigenvalue weighted by molar-refractivity contribution is -0.191. The molecule has 0 bridgehead atoms. The predicted molar refractivity (Wildman–Crippen MR) is 318 cm³/mol. The summed E-state index contributed by atoms with van der Waals surface area (Å²) in [4.78, 5) is 42.7. The van der Waals surface area contributed by atoms with E-state index in [1.165, 1.54) is 104 Å². The lowest BCUT2D eigenvalue weighted by Gasteiger charge is -2.19. The van der Waals surface area contributed by atoms with Gasteiger partial charge in [0.05, 0.1) is 12.1 Å². The number of benzene rings is 7. The Kier molecular flexibility index (Phi) is 17.3. The number of fused-ring (bicyclic) bond motifs is 2. The lowest BCUT2D eigenvalue weighted by atomic mass is 9.87. The molecule has 2 aliphatic carbocycles. The Balaban J connectivity index is 0.000000194. The van der Waals surface area contributed by atoms with Crippen molar-refractivity contribution in [2.75, 3.05) is 0 Å². The number of amides is 2. The lowest BCUT2D eigenvalue weighted by Crippen LogP contribution is -2.26. The molecule has 0 unspecified atom stereocenters. The summed E-state index contributed by atoms with van der Waals surface area (Å²) in [7, 11) is 0. The fourth-order valence-electron chi connectivity index (χ4n) is 10.6. The van der Waals surface area contributed by atoms with Gasteiger partial charge in [0.2, 0.25) is 0 Å². The van der Waals surface area contributed by atoms with Gasteiger partial charge >= 0.3 is 6.15 Å². The van der Waals surface area contributed by atoms with Crippen molar-refractivity contribution in [3.05, 3.63) is 236 Å². The molecule has 11 rings (SSSR count). The van der Waals surface area contributed by atoms with E-state index in [-0.39, 0.29) is 42.9 Å². The summed E-state index contributed by atoms with van der Waals surface area (Å²) in [5.74, 6) is 1.36. The van der Waals surface area contributed by atoms with Crippen molar-refractivity contribution in [1.29, 1.82) is 0 Å². The first-order valence-corrected chi connectivity index (χ1v) is 27.2. The molecule has 78 heavy (non-hydrogen) atoms. The maximum absolute atomic E-state index is 13.2. The van der Waals surface area contributed by atoms with Crippen LogP contribution in [0.15, 0.2) is 164 Å². The Hall–Kier alpha value is -8.06. The minimum Gasteiger partial charge on any atom is -0.346 e. The number of nitrogens with one attached hydrogen (secondary N) is 2. The summed E-state index contributed by atoms with van der Waals surface area (Å²) in [6.45, 7) is 21.1. The van der Waals surface area contributed by atoms with E-state index in [1.807, 2.05) is 18.2 Å². The van der Waals surface area contributed by atoms with Crippen molar-refractivity contribution in [1.82, 2.24) is 19.8 Å². The van der Waals surface area contributed by atoms with Gasteiger partial charge < -0.3 is 19.8 Å². The van der Waals surface area contributed by atoms with Gasteiger partial charge in [0, 0.05) is 57.4 Å². The second-order valence-corrected chi connectivity index (χ2v) is 22.4. The highest BCUT2D eigenvalue weighted by atomic mass is 16.2. The molecule has 2 aromatic heterocycles. The first kappa shape index (κ1) is 56.2. The maximum atomic E-state index is 13.2. The first-order valence-electron chi connectivity index (χ1n) is 27.2. The highest BCUT2D eigenvalue weighted by Crippen LogP contribution is 2.42. The largest absolute Gasteiger partial charge is 0.373 e. The third-order valence-electron chi connectivity index (χ3n) is 16.0. The quantitative estimate of drug-likeness (QED) is 0.120. The number of hydrogen-bond donors (Lipinski definition) is 2. The maximum Gasteiger partial charge on any atom is 0.373 e. The monoisotopic (exact) mass is 1040 g/mol. The zero-order valence-corrected chi connectivity index (χ0v) is 46.2. The summed E-state index contributed by atoms with van der Waals surface area (Å²) in [6.07, 6.45) is 5.37. The fraction of sp³-hybridized carbons (Fsp3) is 0.300. The van der Waals surface area contributed by atoms with E-state index in [9.17, 15) is 9.59 Å². The Morgan fingerprint density at radius 1 is 0.526 bits per heavy atom. The van der Waals surface area contributed by atoms with Gasteiger partial charge in [-0.05, 0) is 182 Å². The third-order valence-corrected chi connectivity index (χ3v) is 16.0. The van der Waals surface area contributed by atoms with Gasteiger partial charge in [-0.3, -0.25) is 9.59 Å². The van der Waals surface area contributed by atoms with E-state index < -0.39 is 0 Å². The minimum absolute atomic E-state index is 0. The average Bonchev–Trinajstić information content (AvgIpc) is 4.45. The molecule has 9 aromatic rings. The minimum atomic E-state index is -0.0387. The van der Waals surface area contributed by atoms with E-state index in [0.29, 0.717) is 23.0 Å². The van der Waals surface area contributed by atoms with Crippen LogP contribution in [0.3, 0.4) is 0 Å². The zero-order valence-electron chi connectivity index (χ0n) is 46.2. The Bertz CT molecular complexity index is 3600. The molecule has 8 heteroatoms. The number of carbonyl (C=O) groups is 2. The number of nitrogens with zero attached hydrogens (tertiary/aromatic N) is 2. The predicted octanol–water partition coefficient (Wildman–Crippen LogP) is 16.4. The van der Waals surface area contributed by atoms with Gasteiger partial charge in [-0.1, -0.05) is 156 Å². The van der Waals surface area contributed by atoms with E-state index in [4.69, 9.17) is 9.59 Å². The van der Waals surface area contributed by atoms with Crippen LogP contribution in [0.1, 0.15) is 174 Å². The molecule has 0 spiro atoms. The highest BCUT2D eigenvalue weighted by molar-refractivity contribution is 6.00. The molecule has 7 aromatic carbocycles. The summed E-state index contributed by atoms with van der Waals surface area (Å²) in [6, 6.07) is 57.8. The molecular formula is C70H76N4O4. The molecule has 2 fully saturated rings. The summed E-state index contributed by atoms with van der Waals surface area (Å²) in [5, 5.41) is 8.72. The standard InChI is InChI=1S/C35H34N2O.C33H38N2O.CO2.CH4/c1-23-25(3)37(22-26-12-14-28(15-13-26)27-8-5-4-6-9-27)34-19-18-32(21-33(23)34)35(38)36-24(2)30-10-7-11-31(20-30)29-16-17-29;1-21-23(3)35(20-24-10-15-29(16-11-24)33(4,5)6)31-17-14-28(19-30(21)31)32(36)34-22(2)26-8-7-9-27(18-26)25-12-13-25;2-1-3;/h4-15,18-21,24,29H,16-17,22H2,1-3H3,(H,36,38);7-11,14-19,22,25H,12-13,20H2,1-6H3,(H,34,36);;1H4/t24-;22-;;/m00../s1.